The second kappa shape index (κ2) is 10.5. The minimum atomic E-state index is -4.51. The fourth-order valence-corrected chi connectivity index (χ4v) is 2.59. The molecule has 0 saturated carbocycles. The van der Waals surface area contributed by atoms with Crippen molar-refractivity contribution in [1.29, 1.82) is 0 Å². The van der Waals surface area contributed by atoms with E-state index < -0.39 is 24.5 Å². The van der Waals surface area contributed by atoms with E-state index >= 15 is 0 Å². The molecule has 0 aliphatic rings. The Bertz CT molecular complexity index is 972. The molecule has 6 nitrogen and oxygen atoms in total. The number of aryl methyl sites for hydroxylation is 1. The van der Waals surface area contributed by atoms with Gasteiger partial charge in [-0.05, 0) is 55.3 Å². The van der Waals surface area contributed by atoms with Gasteiger partial charge in [-0.3, -0.25) is 9.59 Å². The number of alkyl halides is 3. The summed E-state index contributed by atoms with van der Waals surface area (Å²) in [5, 5.41) is 4.42. The number of ether oxygens (including phenoxy) is 2. The quantitative estimate of drug-likeness (QED) is 0.604. The second-order valence-electron chi connectivity index (χ2n) is 6.49. The Morgan fingerprint density at radius 1 is 1.10 bits per heavy atom. The van der Waals surface area contributed by atoms with Crippen molar-refractivity contribution >= 4 is 23.6 Å². The molecule has 0 saturated heterocycles. The number of hydrogen-bond acceptors (Lipinski definition) is 4. The summed E-state index contributed by atoms with van der Waals surface area (Å²) >= 11 is 0. The molecule has 0 aliphatic heterocycles. The van der Waals surface area contributed by atoms with Gasteiger partial charge in [-0.15, -0.1) is 0 Å². The van der Waals surface area contributed by atoms with Gasteiger partial charge in [0.05, 0.1) is 13.7 Å². The summed E-state index contributed by atoms with van der Waals surface area (Å²) in [5.74, 6) is -0.240. The first-order chi connectivity index (χ1) is 14.6. The maximum atomic E-state index is 12.3. The van der Waals surface area contributed by atoms with Gasteiger partial charge in [-0.2, -0.15) is 13.2 Å². The molecule has 0 heterocycles. The van der Waals surface area contributed by atoms with Crippen LogP contribution in [0.25, 0.3) is 6.08 Å². The molecular formula is C22H23F3N2O4. The smallest absolute Gasteiger partial charge is 0.405 e. The van der Waals surface area contributed by atoms with E-state index in [1.165, 1.54) is 25.3 Å². The van der Waals surface area contributed by atoms with Crippen molar-refractivity contribution in [2.75, 3.05) is 25.6 Å². The molecule has 9 heteroatoms. The summed E-state index contributed by atoms with van der Waals surface area (Å²) in [4.78, 5) is 24.2. The average molecular weight is 436 g/mol. The van der Waals surface area contributed by atoms with E-state index in [1.54, 1.807) is 42.6 Å². The highest BCUT2D eigenvalue weighted by Crippen LogP contribution is 2.28. The van der Waals surface area contributed by atoms with Crippen molar-refractivity contribution in [3.05, 3.63) is 59.2 Å². The third-order valence-corrected chi connectivity index (χ3v) is 4.12. The van der Waals surface area contributed by atoms with Gasteiger partial charge in [-0.25, -0.2) is 0 Å². The topological polar surface area (TPSA) is 76.7 Å². The highest BCUT2D eigenvalue weighted by atomic mass is 19.4. The van der Waals surface area contributed by atoms with E-state index in [4.69, 9.17) is 9.47 Å². The van der Waals surface area contributed by atoms with Crippen LogP contribution in [0.5, 0.6) is 11.5 Å². The van der Waals surface area contributed by atoms with Gasteiger partial charge >= 0.3 is 6.18 Å². The first kappa shape index (κ1) is 23.8. The van der Waals surface area contributed by atoms with Crippen molar-refractivity contribution in [1.82, 2.24) is 5.32 Å². The fraction of sp³-hybridized carbons (Fsp3) is 0.273. The van der Waals surface area contributed by atoms with Gasteiger partial charge in [0.25, 0.3) is 5.91 Å². The summed E-state index contributed by atoms with van der Waals surface area (Å²) in [6, 6.07) is 9.45. The van der Waals surface area contributed by atoms with Gasteiger partial charge < -0.3 is 20.1 Å². The van der Waals surface area contributed by atoms with Gasteiger partial charge in [0, 0.05) is 17.3 Å². The third kappa shape index (κ3) is 7.36. The van der Waals surface area contributed by atoms with Crippen molar-refractivity contribution in [2.45, 2.75) is 20.0 Å². The number of nitrogens with one attached hydrogen (secondary N) is 2. The molecule has 2 rings (SSSR count). The summed E-state index contributed by atoms with van der Waals surface area (Å²) in [6.45, 7) is 2.57. The Balaban J connectivity index is 2.09. The Morgan fingerprint density at radius 3 is 2.48 bits per heavy atom. The highest BCUT2D eigenvalue weighted by molar-refractivity contribution is 6.03. The molecule has 0 fully saturated rings. The Hall–Kier alpha value is -3.49. The number of benzene rings is 2. The number of halogens is 3. The molecule has 0 atom stereocenters. The van der Waals surface area contributed by atoms with Crippen LogP contribution in [0, 0.1) is 6.92 Å². The lowest BCUT2D eigenvalue weighted by Gasteiger charge is -2.11. The van der Waals surface area contributed by atoms with Crippen LogP contribution in [-0.2, 0) is 4.79 Å². The maximum absolute atomic E-state index is 12.3. The lowest BCUT2D eigenvalue weighted by Crippen LogP contribution is -2.33. The Kier molecular flexibility index (Phi) is 8.07. The zero-order chi connectivity index (χ0) is 23.0. The first-order valence-electron chi connectivity index (χ1n) is 9.38. The molecule has 2 N–H and O–H groups in total. The van der Waals surface area contributed by atoms with Crippen molar-refractivity contribution in [3.63, 3.8) is 0 Å². The summed E-state index contributed by atoms with van der Waals surface area (Å²) < 4.78 is 47.6. The van der Waals surface area contributed by atoms with Gasteiger partial charge in [0.1, 0.15) is 6.54 Å². The van der Waals surface area contributed by atoms with Crippen LogP contribution < -0.4 is 20.1 Å². The highest BCUT2D eigenvalue weighted by Gasteiger charge is 2.28. The largest absolute Gasteiger partial charge is 0.493 e. The molecule has 0 bridgehead atoms. The number of carbonyl (C=O) groups excluding carboxylic acids is 2. The zero-order valence-electron chi connectivity index (χ0n) is 17.3. The lowest BCUT2D eigenvalue weighted by molar-refractivity contribution is -0.123. The minimum absolute atomic E-state index is 0.00522. The fourth-order valence-electron chi connectivity index (χ4n) is 2.59. The normalized spacial score (nSPS) is 11.3. The van der Waals surface area contributed by atoms with Gasteiger partial charge in [0.15, 0.2) is 11.5 Å². The van der Waals surface area contributed by atoms with Crippen LogP contribution in [0.4, 0.5) is 18.9 Å². The van der Waals surface area contributed by atoms with Crippen molar-refractivity contribution in [3.8, 4) is 11.5 Å². The van der Waals surface area contributed by atoms with Crippen LogP contribution >= 0.6 is 0 Å². The third-order valence-electron chi connectivity index (χ3n) is 4.12. The van der Waals surface area contributed by atoms with E-state index in [-0.39, 0.29) is 5.56 Å². The predicted molar refractivity (Wildman–Crippen MR) is 111 cm³/mol. The standard InChI is InChI=1S/C22H23F3N2O4/c1-4-31-19-11-15(6-9-18(19)30-3)7-10-20(28)27-17-12-16(8-5-14(17)2)21(29)26-13-22(23,24)25/h5-12H,4,13H2,1-3H3,(H,26,29)(H,27,28)/b10-7+. The number of rotatable bonds is 8. The van der Waals surface area contributed by atoms with Crippen LogP contribution in [0.1, 0.15) is 28.4 Å². The number of carbonyl (C=O) groups is 2. The molecule has 0 aromatic heterocycles. The minimum Gasteiger partial charge on any atom is -0.493 e. The van der Waals surface area contributed by atoms with Crippen LogP contribution in [0.3, 0.4) is 0 Å². The summed E-state index contributed by atoms with van der Waals surface area (Å²) in [6.07, 6.45) is -1.63. The van der Waals surface area contributed by atoms with Gasteiger partial charge in [0.2, 0.25) is 5.91 Å². The summed E-state index contributed by atoms with van der Waals surface area (Å²) in [5.41, 5.74) is 1.68. The molecule has 2 aromatic carbocycles. The molecule has 31 heavy (non-hydrogen) atoms. The first-order valence-corrected chi connectivity index (χ1v) is 9.38. The number of anilines is 1. The van der Waals surface area contributed by atoms with Crippen molar-refractivity contribution < 1.29 is 32.2 Å². The van der Waals surface area contributed by atoms with E-state index in [2.05, 4.69) is 5.32 Å². The lowest BCUT2D eigenvalue weighted by atomic mass is 10.1. The van der Waals surface area contributed by atoms with E-state index in [0.29, 0.717) is 34.9 Å². The Morgan fingerprint density at radius 2 is 1.84 bits per heavy atom. The van der Waals surface area contributed by atoms with Gasteiger partial charge in [-0.1, -0.05) is 12.1 Å². The molecule has 2 amide bonds. The molecule has 0 spiro atoms. The number of methoxy groups -OCH3 is 1. The molecule has 166 valence electrons. The molecule has 0 aliphatic carbocycles. The monoisotopic (exact) mass is 436 g/mol. The number of amides is 2. The molecular weight excluding hydrogens is 413 g/mol. The predicted octanol–water partition coefficient (Wildman–Crippen LogP) is 4.35. The van der Waals surface area contributed by atoms with E-state index in [1.807, 2.05) is 6.92 Å². The van der Waals surface area contributed by atoms with Crippen molar-refractivity contribution in [2.24, 2.45) is 0 Å². The Labute approximate surface area is 178 Å². The molecule has 2 aromatic rings. The average Bonchev–Trinajstić information content (AvgIpc) is 2.72. The second-order valence-corrected chi connectivity index (χ2v) is 6.49. The maximum Gasteiger partial charge on any atom is 0.405 e. The van der Waals surface area contributed by atoms with E-state index in [0.717, 1.165) is 0 Å². The van der Waals surface area contributed by atoms with Crippen LogP contribution in [0.2, 0.25) is 0 Å². The molecule has 0 unspecified atom stereocenters. The van der Waals surface area contributed by atoms with Crippen LogP contribution in [-0.4, -0.2) is 38.3 Å². The van der Waals surface area contributed by atoms with Crippen LogP contribution in [0.15, 0.2) is 42.5 Å². The summed E-state index contributed by atoms with van der Waals surface area (Å²) in [7, 11) is 1.53. The SMILES string of the molecule is CCOc1cc(/C=C/C(=O)Nc2cc(C(=O)NCC(F)(F)F)ccc2C)ccc1OC. The number of hydrogen-bond donors (Lipinski definition) is 2. The molecule has 0 radical (unpaired) electrons. The van der Waals surface area contributed by atoms with E-state index in [9.17, 15) is 22.8 Å². The zero-order valence-corrected chi connectivity index (χ0v) is 17.3.